The molecule has 1 saturated heterocycles. The van der Waals surface area contributed by atoms with Gasteiger partial charge < -0.3 is 9.80 Å². The van der Waals surface area contributed by atoms with E-state index in [-0.39, 0.29) is 0 Å². The summed E-state index contributed by atoms with van der Waals surface area (Å²) >= 11 is 1.41. The Balaban J connectivity index is 1.37. The fourth-order valence-electron chi connectivity index (χ4n) is 3.41. The van der Waals surface area contributed by atoms with Crippen LogP contribution in [0.1, 0.15) is 11.1 Å². The minimum atomic E-state index is -4.33. The highest BCUT2D eigenvalue weighted by atomic mass is 32.2. The van der Waals surface area contributed by atoms with Crippen LogP contribution in [0.15, 0.2) is 72.0 Å². The Labute approximate surface area is 177 Å². The van der Waals surface area contributed by atoms with Gasteiger partial charge in [-0.25, -0.2) is 9.97 Å². The van der Waals surface area contributed by atoms with Gasteiger partial charge in [-0.2, -0.15) is 13.2 Å². The molecule has 2 aromatic carbocycles. The molecule has 0 bridgehead atoms. The van der Waals surface area contributed by atoms with Gasteiger partial charge in [0.25, 0.3) is 0 Å². The number of piperazine rings is 1. The van der Waals surface area contributed by atoms with Crippen LogP contribution in [-0.2, 0) is 11.9 Å². The zero-order chi connectivity index (χ0) is 21.0. The molecule has 0 atom stereocenters. The first-order valence-electron chi connectivity index (χ1n) is 9.65. The maximum absolute atomic E-state index is 12.9. The van der Waals surface area contributed by atoms with Crippen LogP contribution in [-0.4, -0.2) is 36.1 Å². The number of hydrogen-bond acceptors (Lipinski definition) is 5. The summed E-state index contributed by atoms with van der Waals surface area (Å²) in [4.78, 5) is 13.2. The number of halogens is 3. The molecule has 0 unspecified atom stereocenters. The predicted molar refractivity (Wildman–Crippen MR) is 114 cm³/mol. The van der Waals surface area contributed by atoms with E-state index >= 15 is 0 Å². The maximum Gasteiger partial charge on any atom is 0.416 e. The van der Waals surface area contributed by atoms with Gasteiger partial charge in [0.15, 0.2) is 0 Å². The van der Waals surface area contributed by atoms with E-state index < -0.39 is 11.7 Å². The molecule has 0 aliphatic carbocycles. The fourth-order valence-corrected chi connectivity index (χ4v) is 4.21. The summed E-state index contributed by atoms with van der Waals surface area (Å²) in [6, 6.07) is 17.7. The average Bonchev–Trinajstić information content (AvgIpc) is 2.78. The van der Waals surface area contributed by atoms with Crippen LogP contribution in [0.4, 0.5) is 24.7 Å². The number of hydrogen-bond donors (Lipinski definition) is 0. The summed E-state index contributed by atoms with van der Waals surface area (Å²) in [6.07, 6.45) is -2.81. The van der Waals surface area contributed by atoms with Gasteiger partial charge in [-0.1, -0.05) is 36.4 Å². The molecular weight excluding hydrogens is 409 g/mol. The molecule has 4 nitrogen and oxygen atoms in total. The number of nitrogens with zero attached hydrogens (tertiary/aromatic N) is 4. The third kappa shape index (κ3) is 5.05. The lowest BCUT2D eigenvalue weighted by Gasteiger charge is -2.36. The molecule has 0 spiro atoms. The predicted octanol–water partition coefficient (Wildman–Crippen LogP) is 5.11. The second kappa shape index (κ2) is 8.95. The Morgan fingerprint density at radius 3 is 2.30 bits per heavy atom. The third-order valence-electron chi connectivity index (χ3n) is 4.99. The molecule has 156 valence electrons. The third-order valence-corrected chi connectivity index (χ3v) is 5.99. The molecule has 0 amide bonds. The number of rotatable bonds is 5. The SMILES string of the molecule is FC(F)(F)c1cccc(CSc2cc(N3CCN(c4ccccc4)CC3)ncn2)c1. The smallest absolute Gasteiger partial charge is 0.368 e. The van der Waals surface area contributed by atoms with Crippen molar-refractivity contribution in [2.24, 2.45) is 0 Å². The lowest BCUT2D eigenvalue weighted by Crippen LogP contribution is -2.46. The molecule has 4 rings (SSSR count). The van der Waals surface area contributed by atoms with E-state index in [4.69, 9.17) is 0 Å². The largest absolute Gasteiger partial charge is 0.416 e. The summed E-state index contributed by atoms with van der Waals surface area (Å²) in [6.45, 7) is 3.51. The molecule has 3 aromatic rings. The summed E-state index contributed by atoms with van der Waals surface area (Å²) in [5, 5.41) is 0.753. The van der Waals surface area contributed by atoms with Crippen molar-refractivity contribution < 1.29 is 13.2 Å². The lowest BCUT2D eigenvalue weighted by molar-refractivity contribution is -0.137. The maximum atomic E-state index is 12.9. The highest BCUT2D eigenvalue weighted by Gasteiger charge is 2.30. The van der Waals surface area contributed by atoms with Crippen LogP contribution < -0.4 is 9.80 Å². The van der Waals surface area contributed by atoms with Crippen molar-refractivity contribution in [3.8, 4) is 0 Å². The zero-order valence-electron chi connectivity index (χ0n) is 16.2. The standard InChI is InChI=1S/C22H21F3N4S/c23-22(24,25)18-6-4-5-17(13-18)15-30-21-14-20(26-16-27-21)29-11-9-28(10-12-29)19-7-2-1-3-8-19/h1-8,13-14,16H,9-12,15H2. The Bertz CT molecular complexity index is 973. The molecule has 30 heavy (non-hydrogen) atoms. The first-order valence-corrected chi connectivity index (χ1v) is 10.6. The van der Waals surface area contributed by atoms with Gasteiger partial charge in [-0.05, 0) is 23.8 Å². The van der Waals surface area contributed by atoms with Crippen molar-refractivity contribution in [1.82, 2.24) is 9.97 Å². The van der Waals surface area contributed by atoms with Crippen LogP contribution in [0.5, 0.6) is 0 Å². The first kappa shape index (κ1) is 20.5. The number of aromatic nitrogens is 2. The van der Waals surface area contributed by atoms with Crippen molar-refractivity contribution >= 4 is 23.3 Å². The van der Waals surface area contributed by atoms with Crippen LogP contribution in [0.2, 0.25) is 0 Å². The summed E-state index contributed by atoms with van der Waals surface area (Å²) < 4.78 is 38.7. The van der Waals surface area contributed by atoms with Crippen LogP contribution in [0.25, 0.3) is 0 Å². The minimum Gasteiger partial charge on any atom is -0.368 e. The van der Waals surface area contributed by atoms with Gasteiger partial charge in [-0.15, -0.1) is 11.8 Å². The van der Waals surface area contributed by atoms with E-state index in [9.17, 15) is 13.2 Å². The highest BCUT2D eigenvalue weighted by Crippen LogP contribution is 2.31. The first-order chi connectivity index (χ1) is 14.5. The number of anilines is 2. The van der Waals surface area contributed by atoms with E-state index in [1.54, 1.807) is 6.07 Å². The van der Waals surface area contributed by atoms with Gasteiger partial charge in [0.2, 0.25) is 0 Å². The lowest BCUT2D eigenvalue weighted by atomic mass is 10.1. The summed E-state index contributed by atoms with van der Waals surface area (Å²) in [7, 11) is 0. The molecule has 0 N–H and O–H groups in total. The summed E-state index contributed by atoms with van der Waals surface area (Å²) in [5.41, 5.74) is 1.21. The fraction of sp³-hybridized carbons (Fsp3) is 0.273. The molecule has 0 saturated carbocycles. The Kier molecular flexibility index (Phi) is 6.13. The Morgan fingerprint density at radius 2 is 1.57 bits per heavy atom. The topological polar surface area (TPSA) is 32.3 Å². The molecular formula is C22H21F3N4S. The van der Waals surface area contributed by atoms with Crippen LogP contribution >= 0.6 is 11.8 Å². The molecule has 2 heterocycles. The Hall–Kier alpha value is -2.74. The molecule has 1 aromatic heterocycles. The number of para-hydroxylation sites is 1. The van der Waals surface area contributed by atoms with Crippen molar-refractivity contribution in [3.05, 3.63) is 78.1 Å². The van der Waals surface area contributed by atoms with Crippen molar-refractivity contribution in [2.75, 3.05) is 36.0 Å². The monoisotopic (exact) mass is 430 g/mol. The van der Waals surface area contributed by atoms with E-state index in [2.05, 4.69) is 31.9 Å². The van der Waals surface area contributed by atoms with Crippen molar-refractivity contribution in [2.45, 2.75) is 17.0 Å². The quantitative estimate of drug-likeness (QED) is 0.415. The van der Waals surface area contributed by atoms with Gasteiger partial charge in [0.05, 0.1) is 5.56 Å². The Morgan fingerprint density at radius 1 is 0.833 bits per heavy atom. The van der Waals surface area contributed by atoms with Crippen LogP contribution in [0.3, 0.4) is 0 Å². The van der Waals surface area contributed by atoms with Gasteiger partial charge in [0, 0.05) is 43.7 Å². The van der Waals surface area contributed by atoms with Crippen molar-refractivity contribution in [3.63, 3.8) is 0 Å². The second-order valence-electron chi connectivity index (χ2n) is 7.01. The second-order valence-corrected chi connectivity index (χ2v) is 8.01. The number of alkyl halides is 3. The summed E-state index contributed by atoms with van der Waals surface area (Å²) in [5.74, 6) is 1.27. The van der Waals surface area contributed by atoms with E-state index in [0.717, 1.165) is 43.1 Å². The van der Waals surface area contributed by atoms with Gasteiger partial charge >= 0.3 is 6.18 Å². The van der Waals surface area contributed by atoms with E-state index in [1.165, 1.54) is 35.9 Å². The molecule has 8 heteroatoms. The van der Waals surface area contributed by atoms with Gasteiger partial charge in [-0.3, -0.25) is 0 Å². The van der Waals surface area contributed by atoms with Crippen molar-refractivity contribution in [1.29, 1.82) is 0 Å². The minimum absolute atomic E-state index is 0.419. The van der Waals surface area contributed by atoms with E-state index in [0.29, 0.717) is 11.3 Å². The molecule has 1 aliphatic rings. The molecule has 1 aliphatic heterocycles. The normalized spacial score (nSPS) is 14.8. The van der Waals surface area contributed by atoms with Gasteiger partial charge in [0.1, 0.15) is 17.2 Å². The molecule has 1 fully saturated rings. The van der Waals surface area contributed by atoms with E-state index in [1.807, 2.05) is 24.3 Å². The average molecular weight is 430 g/mol. The zero-order valence-corrected chi connectivity index (χ0v) is 17.0. The number of benzene rings is 2. The highest BCUT2D eigenvalue weighted by molar-refractivity contribution is 7.98. The number of thioether (sulfide) groups is 1. The van der Waals surface area contributed by atoms with Crippen LogP contribution in [0, 0.1) is 0 Å². The molecule has 0 radical (unpaired) electrons.